The second-order valence-electron chi connectivity index (χ2n) is 1.62. The molecule has 0 aromatic carbocycles. The highest BCUT2D eigenvalue weighted by Crippen LogP contribution is 2.06. The summed E-state index contributed by atoms with van der Waals surface area (Å²) in [7, 11) is 0. The minimum absolute atomic E-state index is 0.264. The van der Waals surface area contributed by atoms with E-state index in [0.717, 1.165) is 6.42 Å². The number of alkyl halides is 1. The molecule has 0 aromatic rings. The fraction of sp³-hybridized carbons (Fsp3) is 0.800. The monoisotopic (exact) mass is 103 g/mol. The molecule has 1 aliphatic heterocycles. The van der Waals surface area contributed by atoms with Crippen molar-refractivity contribution in [1.29, 1.82) is 0 Å². The Labute approximate surface area is 42.5 Å². The fourth-order valence-corrected chi connectivity index (χ4v) is 0.596. The molecule has 41 valence electrons. The second kappa shape index (κ2) is 2.26. The van der Waals surface area contributed by atoms with E-state index in [1.807, 2.05) is 0 Å². The number of rotatable bonds is 0. The lowest BCUT2D eigenvalue weighted by atomic mass is 10.2. The highest BCUT2D eigenvalue weighted by molar-refractivity contribution is 4.78. The topological polar surface area (TPSA) is 9.23 Å². The average Bonchev–Trinajstić information content (AvgIpc) is 1.69. The smallest absolute Gasteiger partial charge is 0.127 e. The first-order valence-corrected chi connectivity index (χ1v) is 2.45. The zero-order chi connectivity index (χ0) is 5.11. The predicted molar refractivity (Wildman–Crippen MR) is 24.6 cm³/mol. The van der Waals surface area contributed by atoms with Gasteiger partial charge in [0.05, 0.1) is 6.61 Å². The molecule has 1 atom stereocenters. The molecule has 1 nitrogen and oxygen atoms in total. The van der Waals surface area contributed by atoms with E-state index in [-0.39, 0.29) is 6.61 Å². The van der Waals surface area contributed by atoms with Gasteiger partial charge < -0.3 is 4.74 Å². The summed E-state index contributed by atoms with van der Waals surface area (Å²) in [5.41, 5.74) is 0. The third kappa shape index (κ3) is 1.43. The van der Waals surface area contributed by atoms with Crippen molar-refractivity contribution in [2.45, 2.75) is 12.6 Å². The Morgan fingerprint density at radius 1 is 1.71 bits per heavy atom. The van der Waals surface area contributed by atoms with Gasteiger partial charge in [-0.2, -0.15) is 0 Å². The summed E-state index contributed by atoms with van der Waals surface area (Å²) in [6.45, 7) is 0.959. The maximum atomic E-state index is 12.0. The molecule has 0 aliphatic carbocycles. The van der Waals surface area contributed by atoms with E-state index in [9.17, 15) is 4.39 Å². The van der Waals surface area contributed by atoms with Crippen LogP contribution >= 0.6 is 0 Å². The van der Waals surface area contributed by atoms with Crippen molar-refractivity contribution >= 4 is 0 Å². The van der Waals surface area contributed by atoms with Crippen LogP contribution in [0.3, 0.4) is 0 Å². The van der Waals surface area contributed by atoms with E-state index in [1.54, 1.807) is 6.42 Å². The lowest BCUT2D eigenvalue weighted by Gasteiger charge is -2.13. The van der Waals surface area contributed by atoms with Gasteiger partial charge in [-0.1, -0.05) is 0 Å². The molecule has 2 heteroatoms. The van der Waals surface area contributed by atoms with Crippen LogP contribution in [0.2, 0.25) is 0 Å². The molecule has 0 saturated carbocycles. The molecule has 1 rings (SSSR count). The minimum atomic E-state index is -0.811. The molecule has 1 heterocycles. The standard InChI is InChI=1S/C5H8FO/c6-5-2-1-3-7-4-5/h2,5H,1,3-4H2. The van der Waals surface area contributed by atoms with Crippen LogP contribution in [0.1, 0.15) is 6.42 Å². The third-order valence-electron chi connectivity index (χ3n) is 0.962. The van der Waals surface area contributed by atoms with Crippen molar-refractivity contribution in [2.75, 3.05) is 13.2 Å². The Bertz CT molecular complexity index is 50.0. The first-order chi connectivity index (χ1) is 3.39. The van der Waals surface area contributed by atoms with Gasteiger partial charge in [-0.15, -0.1) is 0 Å². The number of halogens is 1. The van der Waals surface area contributed by atoms with Crippen LogP contribution in [0.5, 0.6) is 0 Å². The summed E-state index contributed by atoms with van der Waals surface area (Å²) in [5.74, 6) is 0. The van der Waals surface area contributed by atoms with E-state index in [0.29, 0.717) is 6.61 Å². The highest BCUT2D eigenvalue weighted by atomic mass is 19.1. The van der Waals surface area contributed by atoms with Gasteiger partial charge >= 0.3 is 0 Å². The van der Waals surface area contributed by atoms with Gasteiger partial charge in [0.15, 0.2) is 0 Å². The maximum absolute atomic E-state index is 12.0. The zero-order valence-electron chi connectivity index (χ0n) is 4.06. The lowest BCUT2D eigenvalue weighted by Crippen LogP contribution is -2.18. The SMILES string of the molecule is FC1[CH]CCOC1. The summed E-state index contributed by atoms with van der Waals surface area (Å²) in [5, 5.41) is 0. The van der Waals surface area contributed by atoms with E-state index in [1.165, 1.54) is 0 Å². The Morgan fingerprint density at radius 2 is 2.57 bits per heavy atom. The molecule has 1 aliphatic rings. The van der Waals surface area contributed by atoms with Gasteiger partial charge in [0.2, 0.25) is 0 Å². The van der Waals surface area contributed by atoms with Gasteiger partial charge in [-0.3, -0.25) is 0 Å². The summed E-state index contributed by atoms with van der Waals surface area (Å²) >= 11 is 0. The summed E-state index contributed by atoms with van der Waals surface area (Å²) in [6, 6.07) is 0. The fourth-order valence-electron chi connectivity index (χ4n) is 0.596. The molecular formula is C5H8FO. The Morgan fingerprint density at radius 3 is 2.86 bits per heavy atom. The van der Waals surface area contributed by atoms with Crippen molar-refractivity contribution in [3.63, 3.8) is 0 Å². The third-order valence-corrected chi connectivity index (χ3v) is 0.962. The van der Waals surface area contributed by atoms with Crippen LogP contribution in [0.25, 0.3) is 0 Å². The average molecular weight is 103 g/mol. The van der Waals surface area contributed by atoms with Crippen LogP contribution in [0.15, 0.2) is 0 Å². The minimum Gasteiger partial charge on any atom is -0.378 e. The molecule has 1 unspecified atom stereocenters. The Hall–Kier alpha value is -0.110. The van der Waals surface area contributed by atoms with Crippen LogP contribution in [0.4, 0.5) is 4.39 Å². The van der Waals surface area contributed by atoms with Gasteiger partial charge in [0.1, 0.15) is 6.17 Å². The molecule has 1 radical (unpaired) electrons. The van der Waals surface area contributed by atoms with Crippen LogP contribution in [-0.2, 0) is 4.74 Å². The molecule has 0 aromatic heterocycles. The molecule has 0 bridgehead atoms. The van der Waals surface area contributed by atoms with Crippen LogP contribution in [0, 0.1) is 6.42 Å². The first kappa shape index (κ1) is 5.04. The molecule has 0 amide bonds. The quantitative estimate of drug-likeness (QED) is 0.443. The lowest BCUT2D eigenvalue weighted by molar-refractivity contribution is 0.0643. The largest absolute Gasteiger partial charge is 0.378 e. The van der Waals surface area contributed by atoms with Crippen LogP contribution < -0.4 is 0 Å². The molecule has 1 fully saturated rings. The second-order valence-corrected chi connectivity index (χ2v) is 1.62. The molecule has 7 heavy (non-hydrogen) atoms. The van der Waals surface area contributed by atoms with Crippen molar-refractivity contribution in [3.05, 3.63) is 6.42 Å². The van der Waals surface area contributed by atoms with Gasteiger partial charge in [0, 0.05) is 13.0 Å². The van der Waals surface area contributed by atoms with Gasteiger partial charge in [-0.25, -0.2) is 4.39 Å². The number of hydrogen-bond acceptors (Lipinski definition) is 1. The van der Waals surface area contributed by atoms with Crippen molar-refractivity contribution in [1.82, 2.24) is 0 Å². The van der Waals surface area contributed by atoms with E-state index >= 15 is 0 Å². The van der Waals surface area contributed by atoms with E-state index in [4.69, 9.17) is 4.74 Å². The van der Waals surface area contributed by atoms with Crippen molar-refractivity contribution in [3.8, 4) is 0 Å². The first-order valence-electron chi connectivity index (χ1n) is 2.45. The Balaban J connectivity index is 2.12. The van der Waals surface area contributed by atoms with E-state index in [2.05, 4.69) is 0 Å². The number of hydrogen-bond donors (Lipinski definition) is 0. The number of ether oxygens (including phenoxy) is 1. The summed E-state index contributed by atoms with van der Waals surface area (Å²) < 4.78 is 16.8. The van der Waals surface area contributed by atoms with Crippen molar-refractivity contribution < 1.29 is 9.13 Å². The summed E-state index contributed by atoms with van der Waals surface area (Å²) in [6.07, 6.45) is 1.60. The highest BCUT2D eigenvalue weighted by Gasteiger charge is 2.10. The molecular weight excluding hydrogens is 95.1 g/mol. The zero-order valence-corrected chi connectivity index (χ0v) is 4.06. The van der Waals surface area contributed by atoms with Gasteiger partial charge in [0.25, 0.3) is 0 Å². The predicted octanol–water partition coefficient (Wildman–Crippen LogP) is 0.949. The molecule has 0 spiro atoms. The summed E-state index contributed by atoms with van der Waals surface area (Å²) in [4.78, 5) is 0. The van der Waals surface area contributed by atoms with E-state index < -0.39 is 6.17 Å². The molecule has 0 N–H and O–H groups in total. The maximum Gasteiger partial charge on any atom is 0.127 e. The van der Waals surface area contributed by atoms with Crippen molar-refractivity contribution in [2.24, 2.45) is 0 Å². The Kier molecular flexibility index (Phi) is 1.63. The van der Waals surface area contributed by atoms with Gasteiger partial charge in [-0.05, 0) is 6.42 Å². The van der Waals surface area contributed by atoms with Crippen LogP contribution in [-0.4, -0.2) is 19.4 Å². The molecule has 1 saturated heterocycles. The normalized spacial score (nSPS) is 33.0.